The number of amides is 1. The third-order valence-corrected chi connectivity index (χ3v) is 4.90. The van der Waals surface area contributed by atoms with Gasteiger partial charge >= 0.3 is 0 Å². The molecule has 2 aliphatic rings. The van der Waals surface area contributed by atoms with Gasteiger partial charge in [-0.2, -0.15) is 5.10 Å². The molecule has 10 heteroatoms. The van der Waals surface area contributed by atoms with Crippen LogP contribution in [0.4, 0.5) is 5.69 Å². The van der Waals surface area contributed by atoms with Gasteiger partial charge in [0.05, 0.1) is 4.92 Å². The molecular formula is C16H19ClN6O3. The fraction of sp³-hybridized carbons (Fsp3) is 0.438. The van der Waals surface area contributed by atoms with E-state index in [2.05, 4.69) is 15.4 Å². The monoisotopic (exact) mass is 378 g/mol. The third kappa shape index (κ3) is 3.40. The van der Waals surface area contributed by atoms with Gasteiger partial charge in [0.2, 0.25) is 0 Å². The SMILES string of the molecule is Cl.O=C(c1ccc(-n2cncn2)c([N+](=O)[O-])c1)N1CCC2CCC(C1)N2. The average Bonchev–Trinajstić information content (AvgIpc) is 3.23. The van der Waals surface area contributed by atoms with Crippen molar-refractivity contribution in [2.45, 2.75) is 31.3 Å². The number of likely N-dealkylation sites (tertiary alicyclic amines) is 1. The zero-order chi connectivity index (χ0) is 17.4. The van der Waals surface area contributed by atoms with Crippen LogP contribution >= 0.6 is 12.4 Å². The van der Waals surface area contributed by atoms with Gasteiger partial charge in [0.25, 0.3) is 11.6 Å². The summed E-state index contributed by atoms with van der Waals surface area (Å²) in [5.74, 6) is -0.164. The molecule has 4 rings (SSSR count). The molecule has 2 aromatic rings. The van der Waals surface area contributed by atoms with E-state index in [0.717, 1.165) is 19.3 Å². The molecule has 1 aromatic carbocycles. The number of nitro groups is 1. The lowest BCUT2D eigenvalue weighted by atomic mass is 10.1. The van der Waals surface area contributed by atoms with Crippen LogP contribution in [-0.4, -0.2) is 55.7 Å². The maximum Gasteiger partial charge on any atom is 0.295 e. The molecule has 138 valence electrons. The second-order valence-corrected chi connectivity index (χ2v) is 6.48. The normalized spacial score (nSPS) is 21.8. The minimum absolute atomic E-state index is 0. The molecule has 3 heterocycles. The molecule has 2 aliphatic heterocycles. The fourth-order valence-electron chi connectivity index (χ4n) is 3.64. The van der Waals surface area contributed by atoms with Crippen molar-refractivity contribution in [1.82, 2.24) is 25.0 Å². The zero-order valence-electron chi connectivity index (χ0n) is 13.9. The van der Waals surface area contributed by atoms with Crippen molar-refractivity contribution in [2.24, 2.45) is 0 Å². The molecule has 2 unspecified atom stereocenters. The average molecular weight is 379 g/mol. The number of benzene rings is 1. The molecule has 9 nitrogen and oxygen atoms in total. The Morgan fingerprint density at radius 3 is 2.81 bits per heavy atom. The fourth-order valence-corrected chi connectivity index (χ4v) is 3.64. The van der Waals surface area contributed by atoms with E-state index >= 15 is 0 Å². The van der Waals surface area contributed by atoms with Crippen LogP contribution in [0.2, 0.25) is 0 Å². The number of carbonyl (C=O) groups is 1. The Bertz CT molecular complexity index is 812. The summed E-state index contributed by atoms with van der Waals surface area (Å²) in [6.45, 7) is 1.32. The Kier molecular flexibility index (Phi) is 5.19. The summed E-state index contributed by atoms with van der Waals surface area (Å²) in [6, 6.07) is 5.29. The van der Waals surface area contributed by atoms with Crippen LogP contribution in [0.1, 0.15) is 29.6 Å². The summed E-state index contributed by atoms with van der Waals surface area (Å²) in [4.78, 5) is 29.4. The van der Waals surface area contributed by atoms with Crippen molar-refractivity contribution in [1.29, 1.82) is 0 Å². The second-order valence-electron chi connectivity index (χ2n) is 6.48. The second kappa shape index (κ2) is 7.38. The highest BCUT2D eigenvalue weighted by Crippen LogP contribution is 2.26. The zero-order valence-corrected chi connectivity index (χ0v) is 14.8. The molecule has 1 amide bonds. The van der Waals surface area contributed by atoms with Gasteiger partial charge in [0, 0.05) is 36.8 Å². The van der Waals surface area contributed by atoms with Crippen LogP contribution in [0.15, 0.2) is 30.9 Å². The number of aromatic nitrogens is 3. The summed E-state index contributed by atoms with van der Waals surface area (Å²) in [6.07, 6.45) is 5.84. The Balaban J connectivity index is 0.00000196. The third-order valence-electron chi connectivity index (χ3n) is 4.90. The summed E-state index contributed by atoms with van der Waals surface area (Å²) in [7, 11) is 0. The van der Waals surface area contributed by atoms with E-state index < -0.39 is 4.92 Å². The standard InChI is InChI=1S/C16H18N6O3.ClH/c23-16(20-6-5-12-2-3-13(8-20)19-12)11-1-4-14(15(7-11)22(24)25)21-10-17-9-18-21;/h1,4,7,9-10,12-13,19H,2-3,5-6,8H2;1H. The summed E-state index contributed by atoms with van der Waals surface area (Å²) in [5, 5.41) is 18.9. The molecule has 26 heavy (non-hydrogen) atoms. The van der Waals surface area contributed by atoms with Gasteiger partial charge in [0.1, 0.15) is 18.3 Å². The maximum atomic E-state index is 12.8. The summed E-state index contributed by atoms with van der Waals surface area (Å²) in [5.41, 5.74) is 0.454. The molecule has 0 spiro atoms. The van der Waals surface area contributed by atoms with E-state index in [1.165, 1.54) is 23.4 Å². The molecule has 0 radical (unpaired) electrons. The van der Waals surface area contributed by atoms with Crippen LogP contribution in [0.5, 0.6) is 0 Å². The first-order valence-corrected chi connectivity index (χ1v) is 8.30. The highest BCUT2D eigenvalue weighted by Gasteiger charge is 2.32. The number of carbonyl (C=O) groups excluding carboxylic acids is 1. The maximum absolute atomic E-state index is 12.8. The van der Waals surface area contributed by atoms with Crippen molar-refractivity contribution in [3.8, 4) is 5.69 Å². The molecule has 1 N–H and O–H groups in total. The van der Waals surface area contributed by atoms with Gasteiger partial charge in [-0.25, -0.2) is 9.67 Å². The number of nitro benzene ring substituents is 1. The highest BCUT2D eigenvalue weighted by atomic mass is 35.5. The smallest absolute Gasteiger partial charge is 0.295 e. The molecular weight excluding hydrogens is 360 g/mol. The first-order valence-electron chi connectivity index (χ1n) is 8.30. The molecule has 2 saturated heterocycles. The molecule has 2 fully saturated rings. The van der Waals surface area contributed by atoms with Crippen molar-refractivity contribution in [3.05, 3.63) is 46.5 Å². The van der Waals surface area contributed by atoms with Crippen molar-refractivity contribution in [2.75, 3.05) is 13.1 Å². The number of nitrogens with one attached hydrogen (secondary N) is 1. The molecule has 0 aliphatic carbocycles. The van der Waals surface area contributed by atoms with Crippen LogP contribution in [0.25, 0.3) is 5.69 Å². The number of halogens is 1. The van der Waals surface area contributed by atoms with E-state index in [1.54, 1.807) is 17.0 Å². The number of nitrogens with zero attached hydrogens (tertiary/aromatic N) is 5. The predicted octanol–water partition coefficient (Wildman–Crippen LogP) is 1.56. The van der Waals surface area contributed by atoms with Gasteiger partial charge < -0.3 is 10.2 Å². The minimum atomic E-state index is -0.500. The lowest BCUT2D eigenvalue weighted by Gasteiger charge is -2.24. The van der Waals surface area contributed by atoms with E-state index in [1.807, 2.05) is 0 Å². The van der Waals surface area contributed by atoms with Crippen LogP contribution in [0, 0.1) is 10.1 Å². The van der Waals surface area contributed by atoms with Gasteiger partial charge in [0.15, 0.2) is 0 Å². The lowest BCUT2D eigenvalue weighted by molar-refractivity contribution is -0.384. The number of hydrogen-bond donors (Lipinski definition) is 1. The predicted molar refractivity (Wildman–Crippen MR) is 95.7 cm³/mol. The first-order chi connectivity index (χ1) is 12.1. The number of rotatable bonds is 3. The molecule has 2 atom stereocenters. The summed E-state index contributed by atoms with van der Waals surface area (Å²) < 4.78 is 1.32. The Labute approximate surface area is 156 Å². The Morgan fingerprint density at radius 1 is 1.27 bits per heavy atom. The lowest BCUT2D eigenvalue weighted by Crippen LogP contribution is -2.39. The quantitative estimate of drug-likeness (QED) is 0.641. The number of hydrogen-bond acceptors (Lipinski definition) is 6. The van der Waals surface area contributed by atoms with Gasteiger partial charge in [-0.1, -0.05) is 0 Å². The topological polar surface area (TPSA) is 106 Å². The van der Waals surface area contributed by atoms with Crippen LogP contribution in [-0.2, 0) is 0 Å². The van der Waals surface area contributed by atoms with E-state index in [0.29, 0.717) is 30.7 Å². The van der Waals surface area contributed by atoms with Gasteiger partial charge in [-0.15, -0.1) is 12.4 Å². The van der Waals surface area contributed by atoms with Crippen LogP contribution < -0.4 is 5.32 Å². The highest BCUT2D eigenvalue weighted by molar-refractivity contribution is 5.95. The van der Waals surface area contributed by atoms with E-state index in [9.17, 15) is 14.9 Å². The van der Waals surface area contributed by atoms with Crippen molar-refractivity contribution in [3.63, 3.8) is 0 Å². The molecule has 0 saturated carbocycles. The van der Waals surface area contributed by atoms with E-state index in [-0.39, 0.29) is 29.7 Å². The summed E-state index contributed by atoms with van der Waals surface area (Å²) >= 11 is 0. The minimum Gasteiger partial charge on any atom is -0.337 e. The van der Waals surface area contributed by atoms with Gasteiger partial charge in [-0.05, 0) is 31.4 Å². The van der Waals surface area contributed by atoms with E-state index in [4.69, 9.17) is 0 Å². The number of fused-ring (bicyclic) bond motifs is 2. The molecule has 1 aromatic heterocycles. The van der Waals surface area contributed by atoms with Gasteiger partial charge in [-0.3, -0.25) is 14.9 Å². The van der Waals surface area contributed by atoms with Crippen molar-refractivity contribution >= 4 is 24.0 Å². The van der Waals surface area contributed by atoms with Crippen molar-refractivity contribution < 1.29 is 9.72 Å². The molecule has 2 bridgehead atoms. The Morgan fingerprint density at radius 2 is 2.08 bits per heavy atom. The van der Waals surface area contributed by atoms with Crippen LogP contribution in [0.3, 0.4) is 0 Å². The largest absolute Gasteiger partial charge is 0.337 e. The Hall–Kier alpha value is -2.52. The first kappa shape index (κ1) is 18.3.